The Bertz CT molecular complexity index is 2320. The summed E-state index contributed by atoms with van der Waals surface area (Å²) >= 11 is 0. The first-order valence-electron chi connectivity index (χ1n) is 19.2. The molecule has 0 fully saturated rings. The molecular weight excluding hydrogens is 759 g/mol. The molecular formula is C47H49N7O6. The molecule has 4 amide bonds. The van der Waals surface area contributed by atoms with E-state index in [-0.39, 0.29) is 28.8 Å². The molecule has 0 saturated heterocycles. The lowest BCUT2D eigenvalue weighted by molar-refractivity contribution is -0.384. The first kappa shape index (κ1) is 44.9. The molecule has 6 aromatic rings. The van der Waals surface area contributed by atoms with E-state index >= 15 is 0 Å². The summed E-state index contributed by atoms with van der Waals surface area (Å²) in [7, 11) is 3.94. The molecule has 13 nitrogen and oxygen atoms in total. The van der Waals surface area contributed by atoms with E-state index in [2.05, 4.69) is 40.0 Å². The molecule has 0 aliphatic rings. The number of para-hydroxylation sites is 3. The number of rotatable bonds is 12. The summed E-state index contributed by atoms with van der Waals surface area (Å²) in [5.74, 6) is -1.07. The van der Waals surface area contributed by atoms with Crippen LogP contribution in [0.25, 0.3) is 0 Å². The molecule has 0 aliphatic carbocycles. The Kier molecular flexibility index (Phi) is 17.1. The van der Waals surface area contributed by atoms with Crippen molar-refractivity contribution in [2.45, 2.75) is 20.8 Å². The first-order chi connectivity index (χ1) is 28.9. The second-order valence-electron chi connectivity index (χ2n) is 13.3. The predicted octanol–water partition coefficient (Wildman–Crippen LogP) is 9.60. The lowest BCUT2D eigenvalue weighted by atomic mass is 10.1. The van der Waals surface area contributed by atoms with Gasteiger partial charge in [0.05, 0.1) is 4.92 Å². The number of hydrogen-bond acceptors (Lipinski definition) is 8. The second-order valence-corrected chi connectivity index (χ2v) is 13.3. The number of benzene rings is 6. The molecule has 0 aliphatic heterocycles. The van der Waals surface area contributed by atoms with Crippen LogP contribution in [0.3, 0.4) is 0 Å². The molecule has 0 spiro atoms. The van der Waals surface area contributed by atoms with E-state index in [9.17, 15) is 29.3 Å². The van der Waals surface area contributed by atoms with E-state index in [0.717, 1.165) is 41.9 Å². The third-order valence-electron chi connectivity index (χ3n) is 8.77. The molecule has 308 valence electrons. The zero-order valence-electron chi connectivity index (χ0n) is 34.2. The van der Waals surface area contributed by atoms with Gasteiger partial charge in [0.15, 0.2) is 0 Å². The third-order valence-corrected chi connectivity index (χ3v) is 8.77. The largest absolute Gasteiger partial charge is 0.378 e. The van der Waals surface area contributed by atoms with Crippen LogP contribution in [0.4, 0.5) is 39.8 Å². The van der Waals surface area contributed by atoms with Crippen LogP contribution in [-0.4, -0.2) is 55.7 Å². The fourth-order valence-corrected chi connectivity index (χ4v) is 5.62. The second kappa shape index (κ2) is 22.8. The highest BCUT2D eigenvalue weighted by atomic mass is 16.6. The van der Waals surface area contributed by atoms with E-state index in [1.54, 1.807) is 24.3 Å². The standard InChI is InChI=1S/C17H20N2O.C15H13N3O4.C15H16N2O/c1-3-19(4-2)16-12-10-14(11-13-16)17(20)18-15-8-6-5-7-9-15;1-10(19)16-13-8-7-11(9-14(13)18(21)22)15(20)17-12-5-3-2-4-6-12;1-17(2)14-10-8-12(9-11-14)15(18)16-13-6-4-3-5-7-13/h5-13H,3-4H2,1-2H3,(H,18,20);2-9H,1H3,(H,16,19)(H,17,20);3-11H,1-2H3,(H,16,18). The van der Waals surface area contributed by atoms with Gasteiger partial charge in [0.1, 0.15) is 5.69 Å². The number of carbonyl (C=O) groups excluding carboxylic acids is 4. The number of carbonyl (C=O) groups is 4. The number of nitro groups is 1. The van der Waals surface area contributed by atoms with Crippen LogP contribution >= 0.6 is 0 Å². The Morgan fingerprint density at radius 1 is 0.517 bits per heavy atom. The number of anilines is 6. The van der Waals surface area contributed by atoms with Crippen molar-refractivity contribution in [1.29, 1.82) is 0 Å². The van der Waals surface area contributed by atoms with Gasteiger partial charge >= 0.3 is 0 Å². The molecule has 0 saturated carbocycles. The molecule has 0 heterocycles. The monoisotopic (exact) mass is 807 g/mol. The number of nitrogens with zero attached hydrogens (tertiary/aromatic N) is 3. The average molecular weight is 808 g/mol. The fraction of sp³-hybridized carbons (Fsp3) is 0.149. The van der Waals surface area contributed by atoms with Crippen molar-refractivity contribution in [3.05, 3.63) is 185 Å². The van der Waals surface area contributed by atoms with Crippen LogP contribution in [-0.2, 0) is 4.79 Å². The van der Waals surface area contributed by atoms with E-state index in [4.69, 9.17) is 0 Å². The zero-order valence-corrected chi connectivity index (χ0v) is 34.2. The van der Waals surface area contributed by atoms with Crippen LogP contribution in [0.1, 0.15) is 51.8 Å². The Hall–Kier alpha value is -7.80. The van der Waals surface area contributed by atoms with Crippen LogP contribution in [0.5, 0.6) is 0 Å². The van der Waals surface area contributed by atoms with Gasteiger partial charge in [0, 0.05) is 85.3 Å². The first-order valence-corrected chi connectivity index (χ1v) is 19.2. The number of nitrogens with one attached hydrogen (secondary N) is 4. The van der Waals surface area contributed by atoms with E-state index in [0.29, 0.717) is 16.8 Å². The number of hydrogen-bond donors (Lipinski definition) is 4. The molecule has 6 rings (SSSR count). The van der Waals surface area contributed by atoms with Crippen LogP contribution in [0, 0.1) is 10.1 Å². The van der Waals surface area contributed by atoms with Crippen molar-refractivity contribution in [2.75, 3.05) is 58.3 Å². The summed E-state index contributed by atoms with van der Waals surface area (Å²) < 4.78 is 0. The summed E-state index contributed by atoms with van der Waals surface area (Å²) in [5, 5.41) is 21.8. The van der Waals surface area contributed by atoms with Crippen molar-refractivity contribution < 1.29 is 24.1 Å². The maximum absolute atomic E-state index is 12.1. The summed E-state index contributed by atoms with van der Waals surface area (Å²) in [6.45, 7) is 7.43. The van der Waals surface area contributed by atoms with Gasteiger partial charge in [-0.1, -0.05) is 54.6 Å². The molecule has 0 radical (unpaired) electrons. The minimum atomic E-state index is -0.648. The van der Waals surface area contributed by atoms with Gasteiger partial charge in [-0.3, -0.25) is 29.3 Å². The quantitative estimate of drug-likeness (QED) is 0.0701. The minimum Gasteiger partial charge on any atom is -0.378 e. The van der Waals surface area contributed by atoms with Crippen LogP contribution in [0.2, 0.25) is 0 Å². The van der Waals surface area contributed by atoms with Gasteiger partial charge in [0.25, 0.3) is 23.4 Å². The normalized spacial score (nSPS) is 9.95. The molecule has 4 N–H and O–H groups in total. The number of amides is 4. The average Bonchev–Trinajstić information content (AvgIpc) is 3.25. The highest BCUT2D eigenvalue weighted by Gasteiger charge is 2.18. The molecule has 6 aromatic carbocycles. The van der Waals surface area contributed by atoms with Crippen LogP contribution in [0.15, 0.2) is 158 Å². The molecule has 0 atom stereocenters. The van der Waals surface area contributed by atoms with Crippen molar-refractivity contribution in [3.8, 4) is 0 Å². The van der Waals surface area contributed by atoms with Gasteiger partial charge in [0.2, 0.25) is 5.91 Å². The summed E-state index contributed by atoms with van der Waals surface area (Å²) in [5.41, 5.74) is 5.59. The zero-order chi connectivity index (χ0) is 43.4. The van der Waals surface area contributed by atoms with Crippen molar-refractivity contribution in [2.24, 2.45) is 0 Å². The fourth-order valence-electron chi connectivity index (χ4n) is 5.62. The molecule has 0 bridgehead atoms. The maximum Gasteiger partial charge on any atom is 0.293 e. The Balaban J connectivity index is 0.000000199. The van der Waals surface area contributed by atoms with Gasteiger partial charge in [-0.15, -0.1) is 0 Å². The predicted molar refractivity (Wildman–Crippen MR) is 241 cm³/mol. The lowest BCUT2D eigenvalue weighted by Crippen LogP contribution is -2.21. The van der Waals surface area contributed by atoms with Gasteiger partial charge in [-0.05, 0) is 111 Å². The Morgan fingerprint density at radius 3 is 1.23 bits per heavy atom. The Morgan fingerprint density at radius 2 is 0.883 bits per heavy atom. The van der Waals surface area contributed by atoms with Crippen molar-refractivity contribution >= 4 is 63.4 Å². The molecule has 0 aromatic heterocycles. The Labute approximate surface area is 350 Å². The molecule has 0 unspecified atom stereocenters. The van der Waals surface area contributed by atoms with E-state index in [1.165, 1.54) is 19.1 Å². The van der Waals surface area contributed by atoms with E-state index in [1.807, 2.05) is 134 Å². The van der Waals surface area contributed by atoms with Gasteiger partial charge < -0.3 is 31.1 Å². The van der Waals surface area contributed by atoms with E-state index < -0.39 is 16.7 Å². The van der Waals surface area contributed by atoms with Crippen molar-refractivity contribution in [3.63, 3.8) is 0 Å². The smallest absolute Gasteiger partial charge is 0.293 e. The molecule has 13 heteroatoms. The third kappa shape index (κ3) is 14.0. The van der Waals surface area contributed by atoms with Gasteiger partial charge in [-0.25, -0.2) is 0 Å². The lowest BCUT2D eigenvalue weighted by Gasteiger charge is -2.21. The summed E-state index contributed by atoms with van der Waals surface area (Å²) in [6.07, 6.45) is 0. The van der Waals surface area contributed by atoms with Crippen LogP contribution < -0.4 is 31.1 Å². The maximum atomic E-state index is 12.1. The topological polar surface area (TPSA) is 166 Å². The summed E-state index contributed by atoms with van der Waals surface area (Å²) in [4.78, 5) is 61.9. The van der Waals surface area contributed by atoms with Crippen molar-refractivity contribution in [1.82, 2.24) is 0 Å². The highest BCUT2D eigenvalue weighted by molar-refractivity contribution is 6.06. The minimum absolute atomic E-state index is 0.0498. The number of nitro benzene ring substituents is 1. The summed E-state index contributed by atoms with van der Waals surface area (Å²) in [6, 6.07) is 46.8. The highest BCUT2D eigenvalue weighted by Crippen LogP contribution is 2.26. The SMILES string of the molecule is CC(=O)Nc1ccc(C(=O)Nc2ccccc2)cc1[N+](=O)[O-].CCN(CC)c1ccc(C(=O)Nc2ccccc2)cc1.CN(C)c1ccc(C(=O)Nc2ccccc2)cc1. The van der Waals surface area contributed by atoms with Gasteiger partial charge in [-0.2, -0.15) is 0 Å². The molecule has 60 heavy (non-hydrogen) atoms.